The minimum absolute atomic E-state index is 0.0893. The number of aromatic nitrogens is 1. The Hall–Kier alpha value is -2.60. The summed E-state index contributed by atoms with van der Waals surface area (Å²) in [7, 11) is 1.60. The largest absolute Gasteiger partial charge is 0.489 e. The maximum absolute atomic E-state index is 5.94. The number of nitrogens with two attached hydrogens (primary N) is 1. The van der Waals surface area contributed by atoms with Gasteiger partial charge in [0.15, 0.2) is 6.10 Å². The zero-order valence-electron chi connectivity index (χ0n) is 12.9. The van der Waals surface area contributed by atoms with Gasteiger partial charge < -0.3 is 20.0 Å². The topological polar surface area (TPSA) is 79.0 Å². The van der Waals surface area contributed by atoms with E-state index in [0.717, 1.165) is 22.6 Å². The first-order valence-corrected chi connectivity index (χ1v) is 7.44. The van der Waals surface area contributed by atoms with Gasteiger partial charge in [-0.25, -0.2) is 4.98 Å². The van der Waals surface area contributed by atoms with E-state index in [0.29, 0.717) is 25.5 Å². The first-order chi connectivity index (χ1) is 11.3. The Kier molecular flexibility index (Phi) is 4.73. The predicted octanol–water partition coefficient (Wildman–Crippen LogP) is 2.24. The molecule has 3 rings (SSSR count). The first-order valence-electron chi connectivity index (χ1n) is 7.44. The maximum atomic E-state index is 5.94. The smallest absolute Gasteiger partial charge is 0.213 e. The number of nitrogens with zero attached hydrogens (tertiary/aromatic N) is 2. The van der Waals surface area contributed by atoms with Gasteiger partial charge in [-0.1, -0.05) is 23.4 Å². The Morgan fingerprint density at radius 3 is 2.96 bits per heavy atom. The summed E-state index contributed by atoms with van der Waals surface area (Å²) in [5.74, 6) is 1.35. The molecule has 0 radical (unpaired) electrons. The van der Waals surface area contributed by atoms with E-state index < -0.39 is 0 Å². The van der Waals surface area contributed by atoms with E-state index in [1.54, 1.807) is 13.3 Å². The van der Waals surface area contributed by atoms with Gasteiger partial charge in [0.05, 0.1) is 12.8 Å². The summed E-state index contributed by atoms with van der Waals surface area (Å²) in [6.07, 6.45) is 2.34. The first kappa shape index (κ1) is 15.3. The Labute approximate surface area is 134 Å². The summed E-state index contributed by atoms with van der Waals surface area (Å²) in [6.45, 7) is 0.843. The highest BCUT2D eigenvalue weighted by atomic mass is 16.7. The van der Waals surface area contributed by atoms with Crippen LogP contribution in [-0.2, 0) is 4.84 Å². The number of hydrogen-bond acceptors (Lipinski definition) is 6. The van der Waals surface area contributed by atoms with Crippen molar-refractivity contribution in [1.29, 1.82) is 0 Å². The third kappa shape index (κ3) is 3.60. The second-order valence-electron chi connectivity index (χ2n) is 5.19. The van der Waals surface area contributed by atoms with Gasteiger partial charge in [-0.05, 0) is 17.7 Å². The molecule has 1 aromatic heterocycles. The molecule has 2 aromatic rings. The van der Waals surface area contributed by atoms with E-state index in [1.807, 2.05) is 36.4 Å². The van der Waals surface area contributed by atoms with Gasteiger partial charge in [0.1, 0.15) is 12.4 Å². The van der Waals surface area contributed by atoms with Crippen LogP contribution >= 0.6 is 0 Å². The predicted molar refractivity (Wildman–Crippen MR) is 87.7 cm³/mol. The average molecular weight is 313 g/mol. The molecule has 120 valence electrons. The van der Waals surface area contributed by atoms with Crippen molar-refractivity contribution in [1.82, 2.24) is 4.98 Å². The number of oxime groups is 1. The van der Waals surface area contributed by atoms with Gasteiger partial charge in [0, 0.05) is 30.8 Å². The lowest BCUT2D eigenvalue weighted by atomic mass is 10.1. The molecule has 2 heterocycles. The molecule has 1 aromatic carbocycles. The van der Waals surface area contributed by atoms with Crippen LogP contribution in [0.15, 0.2) is 47.8 Å². The van der Waals surface area contributed by atoms with Gasteiger partial charge in [-0.3, -0.25) is 0 Å². The third-order valence-electron chi connectivity index (χ3n) is 3.60. The zero-order valence-corrected chi connectivity index (χ0v) is 12.9. The second-order valence-corrected chi connectivity index (χ2v) is 5.19. The van der Waals surface area contributed by atoms with E-state index in [1.165, 1.54) is 0 Å². The Balaban J connectivity index is 1.73. The van der Waals surface area contributed by atoms with Crippen molar-refractivity contribution in [3.05, 3.63) is 42.6 Å². The molecule has 23 heavy (non-hydrogen) atoms. The van der Waals surface area contributed by atoms with Crippen LogP contribution in [0.4, 0.5) is 0 Å². The minimum atomic E-state index is -0.0893. The van der Waals surface area contributed by atoms with Gasteiger partial charge in [0.2, 0.25) is 5.88 Å². The molecule has 0 bridgehead atoms. The standard InChI is InChI=1S/C17H19N3O3/c1-21-17-8-12(6-7-19-17)15-4-2-3-5-16(15)22-11-14-9-13(10-18)20-23-14/h2-8,14H,9-11,18H2,1H3. The maximum Gasteiger partial charge on any atom is 0.213 e. The Morgan fingerprint density at radius 1 is 1.30 bits per heavy atom. The molecule has 0 amide bonds. The number of pyridine rings is 1. The van der Waals surface area contributed by atoms with Crippen molar-refractivity contribution < 1.29 is 14.3 Å². The van der Waals surface area contributed by atoms with Crippen molar-refractivity contribution >= 4 is 5.71 Å². The van der Waals surface area contributed by atoms with Crippen LogP contribution < -0.4 is 15.2 Å². The van der Waals surface area contributed by atoms with Crippen LogP contribution in [0.25, 0.3) is 11.1 Å². The molecule has 0 aliphatic carbocycles. The molecule has 2 N–H and O–H groups in total. The van der Waals surface area contributed by atoms with Crippen LogP contribution in [0.5, 0.6) is 11.6 Å². The molecule has 0 saturated heterocycles. The SMILES string of the molecule is COc1cc(-c2ccccc2OCC2CC(CN)=NO2)ccn1. The third-order valence-corrected chi connectivity index (χ3v) is 3.60. The van der Waals surface area contributed by atoms with Crippen LogP contribution in [0.3, 0.4) is 0 Å². The lowest BCUT2D eigenvalue weighted by Crippen LogP contribution is -2.20. The summed E-state index contributed by atoms with van der Waals surface area (Å²) < 4.78 is 11.1. The summed E-state index contributed by atoms with van der Waals surface area (Å²) in [5, 5.41) is 3.94. The fourth-order valence-corrected chi connectivity index (χ4v) is 2.40. The van der Waals surface area contributed by atoms with Crippen molar-refractivity contribution in [2.24, 2.45) is 10.9 Å². The Morgan fingerprint density at radius 2 is 2.17 bits per heavy atom. The lowest BCUT2D eigenvalue weighted by molar-refractivity contribution is 0.0472. The van der Waals surface area contributed by atoms with E-state index in [9.17, 15) is 0 Å². The van der Waals surface area contributed by atoms with Crippen molar-refractivity contribution in [2.75, 3.05) is 20.3 Å². The fourth-order valence-electron chi connectivity index (χ4n) is 2.40. The molecule has 0 saturated carbocycles. The molecule has 6 nitrogen and oxygen atoms in total. The minimum Gasteiger partial charge on any atom is -0.489 e. The highest BCUT2D eigenvalue weighted by molar-refractivity contribution is 5.87. The zero-order chi connectivity index (χ0) is 16.1. The normalized spacial score (nSPS) is 16.6. The van der Waals surface area contributed by atoms with E-state index in [4.69, 9.17) is 20.0 Å². The molecule has 0 spiro atoms. The van der Waals surface area contributed by atoms with E-state index >= 15 is 0 Å². The number of para-hydroxylation sites is 1. The van der Waals surface area contributed by atoms with Crippen LogP contribution in [0.2, 0.25) is 0 Å². The quantitative estimate of drug-likeness (QED) is 0.885. The molecule has 1 atom stereocenters. The molecule has 6 heteroatoms. The summed E-state index contributed by atoms with van der Waals surface area (Å²) >= 11 is 0. The average Bonchev–Trinajstić information content (AvgIpc) is 3.08. The number of hydrogen-bond donors (Lipinski definition) is 1. The van der Waals surface area contributed by atoms with Gasteiger partial charge >= 0.3 is 0 Å². The number of methoxy groups -OCH3 is 1. The molecule has 1 unspecified atom stereocenters. The Bertz CT molecular complexity index is 703. The van der Waals surface area contributed by atoms with E-state index in [2.05, 4.69) is 10.1 Å². The van der Waals surface area contributed by atoms with Crippen molar-refractivity contribution in [3.63, 3.8) is 0 Å². The highest BCUT2D eigenvalue weighted by Crippen LogP contribution is 2.31. The summed E-state index contributed by atoms with van der Waals surface area (Å²) in [5.41, 5.74) is 8.39. The molecule has 0 fully saturated rings. The van der Waals surface area contributed by atoms with Crippen LogP contribution in [0.1, 0.15) is 6.42 Å². The van der Waals surface area contributed by atoms with Crippen molar-refractivity contribution in [3.8, 4) is 22.8 Å². The van der Waals surface area contributed by atoms with E-state index in [-0.39, 0.29) is 6.10 Å². The summed E-state index contributed by atoms with van der Waals surface area (Å²) in [6, 6.07) is 11.6. The fraction of sp³-hybridized carbons (Fsp3) is 0.294. The summed E-state index contributed by atoms with van der Waals surface area (Å²) in [4.78, 5) is 9.44. The highest BCUT2D eigenvalue weighted by Gasteiger charge is 2.21. The molecular weight excluding hydrogens is 294 g/mol. The van der Waals surface area contributed by atoms with Crippen LogP contribution in [-0.4, -0.2) is 37.1 Å². The van der Waals surface area contributed by atoms with Crippen LogP contribution in [0, 0.1) is 0 Å². The van der Waals surface area contributed by atoms with Gasteiger partial charge in [-0.15, -0.1) is 0 Å². The number of rotatable bonds is 6. The van der Waals surface area contributed by atoms with Gasteiger partial charge in [-0.2, -0.15) is 0 Å². The van der Waals surface area contributed by atoms with Gasteiger partial charge in [0.25, 0.3) is 0 Å². The molecular formula is C17H19N3O3. The lowest BCUT2D eigenvalue weighted by Gasteiger charge is -2.14. The monoisotopic (exact) mass is 313 g/mol. The number of ether oxygens (including phenoxy) is 2. The second kappa shape index (κ2) is 7.11. The number of benzene rings is 1. The van der Waals surface area contributed by atoms with Crippen molar-refractivity contribution in [2.45, 2.75) is 12.5 Å². The molecule has 1 aliphatic rings. The molecule has 1 aliphatic heterocycles.